The molecule has 0 saturated carbocycles. The van der Waals surface area contributed by atoms with Crippen molar-refractivity contribution in [2.75, 3.05) is 20.5 Å². The van der Waals surface area contributed by atoms with Gasteiger partial charge >= 0.3 is 0 Å². The number of aryl methyl sites for hydroxylation is 1. The highest BCUT2D eigenvalue weighted by atomic mass is 35.5. The van der Waals surface area contributed by atoms with E-state index in [1.54, 1.807) is 7.11 Å². The Kier molecular flexibility index (Phi) is 5.05. The van der Waals surface area contributed by atoms with Gasteiger partial charge in [-0.05, 0) is 36.2 Å². The number of benzene rings is 2. The maximum absolute atomic E-state index is 12.9. The number of hydrogen-bond donors (Lipinski definition) is 0. The number of fused-ring (bicyclic) bond motifs is 2. The average molecular weight is 386 g/mol. The molecule has 0 aliphatic carbocycles. The average Bonchev–Trinajstić information content (AvgIpc) is 3.29. The molecule has 1 aliphatic rings. The monoisotopic (exact) mass is 385 g/mol. The Labute approximate surface area is 162 Å². The van der Waals surface area contributed by atoms with Crippen LogP contribution in [0.4, 0.5) is 0 Å². The second-order valence-electron chi connectivity index (χ2n) is 6.47. The number of rotatable bonds is 7. The molecule has 0 saturated heterocycles. The highest BCUT2D eigenvalue weighted by Gasteiger charge is 2.18. The Hall–Kier alpha value is -2.50. The van der Waals surface area contributed by atoms with Crippen LogP contribution in [0.2, 0.25) is 5.02 Å². The number of ether oxygens (including phenoxy) is 3. The fourth-order valence-corrected chi connectivity index (χ4v) is 3.66. The van der Waals surface area contributed by atoms with Crippen molar-refractivity contribution in [2.45, 2.75) is 19.4 Å². The van der Waals surface area contributed by atoms with Crippen LogP contribution in [0.3, 0.4) is 0 Å². The summed E-state index contributed by atoms with van der Waals surface area (Å²) >= 11 is 6.41. The first-order chi connectivity index (χ1) is 13.2. The highest BCUT2D eigenvalue weighted by molar-refractivity contribution is 6.37. The molecule has 0 N–H and O–H groups in total. The number of nitrogens with zero attached hydrogens (tertiary/aromatic N) is 1. The summed E-state index contributed by atoms with van der Waals surface area (Å²) in [6, 6.07) is 11.5. The van der Waals surface area contributed by atoms with Gasteiger partial charge in [0.2, 0.25) is 6.79 Å². The summed E-state index contributed by atoms with van der Waals surface area (Å²) in [5.74, 6) is 1.55. The molecule has 0 radical (unpaired) electrons. The zero-order chi connectivity index (χ0) is 18.8. The summed E-state index contributed by atoms with van der Waals surface area (Å²) in [7, 11) is 1.66. The van der Waals surface area contributed by atoms with E-state index in [0.717, 1.165) is 28.0 Å². The van der Waals surface area contributed by atoms with Crippen LogP contribution in [-0.4, -0.2) is 30.9 Å². The standard InChI is InChI=1S/C21H20ClNO4/c1-25-10-9-23-12-15(21-16(22)3-2-4-17(21)23)18(24)7-5-14-6-8-19-20(11-14)27-13-26-19/h2-4,6,8,11-12H,5,7,9-10,13H2,1H3. The molecule has 0 fully saturated rings. The van der Waals surface area contributed by atoms with Crippen molar-refractivity contribution < 1.29 is 19.0 Å². The normalized spacial score (nSPS) is 12.7. The van der Waals surface area contributed by atoms with E-state index in [1.807, 2.05) is 47.2 Å². The van der Waals surface area contributed by atoms with E-state index in [0.29, 0.717) is 36.6 Å². The van der Waals surface area contributed by atoms with E-state index in [1.165, 1.54) is 0 Å². The molecule has 0 amide bonds. The minimum absolute atomic E-state index is 0.0712. The molecule has 0 atom stereocenters. The van der Waals surface area contributed by atoms with Crippen molar-refractivity contribution in [3.05, 3.63) is 58.7 Å². The minimum Gasteiger partial charge on any atom is -0.454 e. The molecule has 140 valence electrons. The molecule has 0 bridgehead atoms. The Morgan fingerprint density at radius 2 is 2.07 bits per heavy atom. The maximum atomic E-state index is 12.9. The van der Waals surface area contributed by atoms with Gasteiger partial charge < -0.3 is 18.8 Å². The summed E-state index contributed by atoms with van der Waals surface area (Å²) in [5.41, 5.74) is 2.65. The summed E-state index contributed by atoms with van der Waals surface area (Å²) < 4.78 is 17.9. The van der Waals surface area contributed by atoms with Crippen molar-refractivity contribution >= 4 is 28.3 Å². The Morgan fingerprint density at radius 1 is 1.22 bits per heavy atom. The quantitative estimate of drug-likeness (QED) is 0.562. The van der Waals surface area contributed by atoms with Gasteiger partial charge in [-0.25, -0.2) is 0 Å². The number of Topliss-reactive ketones (excluding diaryl/α,β-unsaturated/α-hetero) is 1. The number of aromatic nitrogens is 1. The fraction of sp³-hybridized carbons (Fsp3) is 0.286. The lowest BCUT2D eigenvalue weighted by molar-refractivity contribution is 0.0984. The lowest BCUT2D eigenvalue weighted by atomic mass is 10.0. The predicted molar refractivity (Wildman–Crippen MR) is 104 cm³/mol. The second-order valence-corrected chi connectivity index (χ2v) is 6.88. The van der Waals surface area contributed by atoms with Crippen molar-refractivity contribution in [1.82, 2.24) is 4.57 Å². The predicted octanol–water partition coefficient (Wildman–Crippen LogP) is 4.49. The Morgan fingerprint density at radius 3 is 2.93 bits per heavy atom. The first-order valence-corrected chi connectivity index (χ1v) is 9.23. The molecule has 2 heterocycles. The molecule has 1 aliphatic heterocycles. The summed E-state index contributed by atoms with van der Waals surface area (Å²) in [6.07, 6.45) is 2.91. The van der Waals surface area contributed by atoms with E-state index < -0.39 is 0 Å². The molecule has 4 rings (SSSR count). The third kappa shape index (κ3) is 3.53. The molecular weight excluding hydrogens is 366 g/mol. The van der Waals surface area contributed by atoms with E-state index in [-0.39, 0.29) is 12.6 Å². The van der Waals surface area contributed by atoms with Gasteiger partial charge in [-0.1, -0.05) is 23.7 Å². The van der Waals surface area contributed by atoms with Gasteiger partial charge in [0.15, 0.2) is 17.3 Å². The first kappa shape index (κ1) is 17.9. The third-order valence-corrected chi connectivity index (χ3v) is 5.08. The molecule has 3 aromatic rings. The maximum Gasteiger partial charge on any atom is 0.231 e. The van der Waals surface area contributed by atoms with Crippen molar-refractivity contribution in [2.24, 2.45) is 0 Å². The minimum atomic E-state index is 0.0712. The Bertz CT molecular complexity index is 995. The fourth-order valence-electron chi connectivity index (χ4n) is 3.38. The van der Waals surface area contributed by atoms with Crippen LogP contribution in [-0.2, 0) is 17.7 Å². The smallest absolute Gasteiger partial charge is 0.231 e. The second kappa shape index (κ2) is 7.62. The van der Waals surface area contributed by atoms with Crippen LogP contribution in [0.25, 0.3) is 10.9 Å². The summed E-state index contributed by atoms with van der Waals surface area (Å²) in [5, 5.41) is 1.40. The van der Waals surface area contributed by atoms with Gasteiger partial charge in [-0.2, -0.15) is 0 Å². The lowest BCUT2D eigenvalue weighted by Gasteiger charge is -2.04. The molecule has 27 heavy (non-hydrogen) atoms. The number of carbonyl (C=O) groups excluding carboxylic acids is 1. The van der Waals surface area contributed by atoms with Crippen molar-refractivity contribution in [1.29, 1.82) is 0 Å². The van der Waals surface area contributed by atoms with Gasteiger partial charge in [-0.3, -0.25) is 4.79 Å². The number of ketones is 1. The Balaban J connectivity index is 1.57. The molecule has 2 aromatic carbocycles. The molecule has 0 unspecified atom stereocenters. The lowest BCUT2D eigenvalue weighted by Crippen LogP contribution is -2.03. The van der Waals surface area contributed by atoms with Crippen LogP contribution < -0.4 is 9.47 Å². The topological polar surface area (TPSA) is 49.7 Å². The largest absolute Gasteiger partial charge is 0.454 e. The van der Waals surface area contributed by atoms with Crippen molar-refractivity contribution in [3.63, 3.8) is 0 Å². The summed E-state index contributed by atoms with van der Waals surface area (Å²) in [4.78, 5) is 12.9. The van der Waals surface area contributed by atoms with E-state index in [4.69, 9.17) is 25.8 Å². The van der Waals surface area contributed by atoms with Gasteiger partial charge in [0.05, 0.1) is 17.1 Å². The number of methoxy groups -OCH3 is 1. The number of halogens is 1. The third-order valence-electron chi connectivity index (χ3n) is 4.77. The molecular formula is C21H20ClNO4. The van der Waals surface area contributed by atoms with Crippen molar-refractivity contribution in [3.8, 4) is 11.5 Å². The van der Waals surface area contributed by atoms with Crippen LogP contribution in [0.15, 0.2) is 42.6 Å². The zero-order valence-corrected chi connectivity index (χ0v) is 15.8. The number of carbonyl (C=O) groups is 1. The van der Waals surface area contributed by atoms with Gasteiger partial charge in [0, 0.05) is 37.2 Å². The van der Waals surface area contributed by atoms with E-state index >= 15 is 0 Å². The van der Waals surface area contributed by atoms with Crippen LogP contribution in [0.5, 0.6) is 11.5 Å². The van der Waals surface area contributed by atoms with Crippen LogP contribution >= 0.6 is 11.6 Å². The number of hydrogen-bond acceptors (Lipinski definition) is 4. The molecule has 6 heteroatoms. The molecule has 5 nitrogen and oxygen atoms in total. The molecule has 1 aromatic heterocycles. The zero-order valence-electron chi connectivity index (χ0n) is 15.0. The van der Waals surface area contributed by atoms with Gasteiger partial charge in [-0.15, -0.1) is 0 Å². The van der Waals surface area contributed by atoms with Gasteiger partial charge in [0.1, 0.15) is 0 Å². The highest BCUT2D eigenvalue weighted by Crippen LogP contribution is 2.33. The van der Waals surface area contributed by atoms with E-state index in [9.17, 15) is 4.79 Å². The molecule has 0 spiro atoms. The van der Waals surface area contributed by atoms with Gasteiger partial charge in [0.25, 0.3) is 0 Å². The summed E-state index contributed by atoms with van der Waals surface area (Å²) in [6.45, 7) is 1.49. The first-order valence-electron chi connectivity index (χ1n) is 8.85. The van der Waals surface area contributed by atoms with Crippen LogP contribution in [0.1, 0.15) is 22.3 Å². The van der Waals surface area contributed by atoms with Crippen LogP contribution in [0, 0.1) is 0 Å². The van der Waals surface area contributed by atoms with E-state index in [2.05, 4.69) is 0 Å². The SMILES string of the molecule is COCCn1cc(C(=O)CCc2ccc3c(c2)OCO3)c2c(Cl)cccc21.